The normalized spacial score (nSPS) is 12.6. The summed E-state index contributed by atoms with van der Waals surface area (Å²) in [6.45, 7) is 6.29. The summed E-state index contributed by atoms with van der Waals surface area (Å²) in [5, 5.41) is 5.49. The third-order valence-corrected chi connectivity index (χ3v) is 8.81. The molecule has 0 unspecified atom stereocenters. The van der Waals surface area contributed by atoms with Gasteiger partial charge in [0.25, 0.3) is 0 Å². The molecule has 0 aliphatic carbocycles. The molecular weight excluding hydrogens is 486 g/mol. The van der Waals surface area contributed by atoms with Crippen molar-refractivity contribution < 1.29 is 26.2 Å². The molecule has 3 aromatic rings. The zero-order valence-corrected chi connectivity index (χ0v) is 20.7. The van der Waals surface area contributed by atoms with E-state index in [1.165, 1.54) is 44.2 Å². The number of sulfone groups is 1. The Morgan fingerprint density at radius 2 is 1.56 bits per heavy atom. The van der Waals surface area contributed by atoms with Crippen molar-refractivity contribution in [2.75, 3.05) is 24.0 Å². The fourth-order valence-electron chi connectivity index (χ4n) is 3.12. The van der Waals surface area contributed by atoms with Crippen molar-refractivity contribution in [1.29, 1.82) is 0 Å². The molecule has 0 spiro atoms. The molecule has 0 saturated carbocycles. The van der Waals surface area contributed by atoms with Crippen LogP contribution in [-0.2, 0) is 20.6 Å². The highest BCUT2D eigenvalue weighted by molar-refractivity contribution is 7.92. The van der Waals surface area contributed by atoms with Crippen LogP contribution in [0.25, 0.3) is 0 Å². The third-order valence-electron chi connectivity index (χ3n) is 5.05. The van der Waals surface area contributed by atoms with Gasteiger partial charge in [-0.3, -0.25) is 0 Å². The summed E-state index contributed by atoms with van der Waals surface area (Å²) >= 11 is 0. The maximum atomic E-state index is 13.7. The molecule has 1 aromatic heterocycles. The first kappa shape index (κ1) is 25.8. The topological polar surface area (TPSA) is 88.2 Å². The molecule has 0 atom stereocenters. The number of halogens is 3. The van der Waals surface area contributed by atoms with E-state index in [1.54, 1.807) is 37.6 Å². The monoisotopic (exact) mass is 511 g/mol. The lowest BCUT2D eigenvalue weighted by atomic mass is 10.2. The fourth-order valence-corrected chi connectivity index (χ4v) is 5.19. The van der Waals surface area contributed by atoms with Gasteiger partial charge < -0.3 is 15.2 Å². The third kappa shape index (κ3) is 5.80. The number of pyridine rings is 1. The first-order chi connectivity index (χ1) is 15.7. The summed E-state index contributed by atoms with van der Waals surface area (Å²) in [7, 11) is -6.19. The molecule has 0 aliphatic rings. The van der Waals surface area contributed by atoms with Crippen LogP contribution in [0.3, 0.4) is 0 Å². The zero-order valence-electron chi connectivity index (χ0n) is 19.0. The zero-order chi connectivity index (χ0) is 25.3. The number of benzene rings is 2. The average Bonchev–Trinajstić information content (AvgIpc) is 2.73. The number of anilines is 4. The number of nitrogens with one attached hydrogen (secondary N) is 2. The predicted molar refractivity (Wildman–Crippen MR) is 130 cm³/mol. The lowest BCUT2D eigenvalue weighted by Crippen LogP contribution is -2.16. The van der Waals surface area contributed by atoms with Gasteiger partial charge in [-0.05, 0) is 63.6 Å². The van der Waals surface area contributed by atoms with E-state index in [-0.39, 0.29) is 22.1 Å². The van der Waals surface area contributed by atoms with Gasteiger partial charge >= 0.3 is 6.18 Å². The summed E-state index contributed by atoms with van der Waals surface area (Å²) in [6.07, 6.45) is -4.03. The molecule has 0 radical (unpaired) electrons. The lowest BCUT2D eigenvalue weighted by Gasteiger charge is -2.19. The summed E-state index contributed by atoms with van der Waals surface area (Å²) in [6, 6.07) is 13.7. The van der Waals surface area contributed by atoms with Crippen molar-refractivity contribution >= 4 is 45.2 Å². The van der Waals surface area contributed by atoms with Crippen molar-refractivity contribution in [2.24, 2.45) is 0 Å². The Balaban J connectivity index is 2.01. The smallest absolute Gasteiger partial charge is 0.354 e. The quantitative estimate of drug-likeness (QED) is 0.378. The van der Waals surface area contributed by atoms with E-state index in [0.717, 1.165) is 0 Å². The lowest BCUT2D eigenvalue weighted by molar-refractivity contribution is -0.137. The van der Waals surface area contributed by atoms with Crippen molar-refractivity contribution in [3.05, 3.63) is 66.4 Å². The van der Waals surface area contributed by atoms with E-state index in [9.17, 15) is 26.2 Å². The van der Waals surface area contributed by atoms with Gasteiger partial charge in [0.15, 0.2) is 9.84 Å². The Hall–Kier alpha value is -2.84. The summed E-state index contributed by atoms with van der Waals surface area (Å²) in [4.78, 5) is 3.78. The fraction of sp³-hybridized carbons (Fsp3) is 0.261. The first-order valence-corrected chi connectivity index (χ1v) is 14.4. The molecule has 0 bridgehead atoms. The number of alkyl halides is 3. The van der Waals surface area contributed by atoms with Gasteiger partial charge in [-0.25, -0.2) is 13.4 Å². The minimum Gasteiger partial charge on any atom is -0.354 e. The maximum Gasteiger partial charge on any atom is 0.419 e. The van der Waals surface area contributed by atoms with Crippen LogP contribution in [-0.4, -0.2) is 32.0 Å². The molecule has 2 N–H and O–H groups in total. The van der Waals surface area contributed by atoms with Crippen molar-refractivity contribution in [2.45, 2.75) is 30.2 Å². The van der Waals surface area contributed by atoms with Gasteiger partial charge in [0.2, 0.25) is 0 Å². The number of aromatic nitrogens is 1. The Morgan fingerprint density at radius 3 is 2.12 bits per heavy atom. The standard InChI is InChI=1S/C23H25F3N3O3PS/c1-15(2)34(31,32)21-8-6-5-7-19(21)29-20-13-22(27-14-18(20)23(24,25)26)28-16-9-11-17(12-10-16)33(3,4)30/h5-15H,1-4H3,(H2,27,28,29). The minimum atomic E-state index is -4.72. The Labute approximate surface area is 196 Å². The van der Waals surface area contributed by atoms with Gasteiger partial charge in [-0.2, -0.15) is 13.2 Å². The van der Waals surface area contributed by atoms with E-state index in [2.05, 4.69) is 15.6 Å². The van der Waals surface area contributed by atoms with Crippen LogP contribution in [0.4, 0.5) is 36.1 Å². The van der Waals surface area contributed by atoms with Gasteiger partial charge in [0, 0.05) is 23.3 Å². The number of rotatable bonds is 7. The van der Waals surface area contributed by atoms with Crippen molar-refractivity contribution in [1.82, 2.24) is 4.98 Å². The molecule has 34 heavy (non-hydrogen) atoms. The highest BCUT2D eigenvalue weighted by Crippen LogP contribution is 2.39. The molecule has 3 rings (SSSR count). The minimum absolute atomic E-state index is 0.0323. The highest BCUT2D eigenvalue weighted by Gasteiger charge is 2.35. The second kappa shape index (κ2) is 9.43. The summed E-state index contributed by atoms with van der Waals surface area (Å²) in [5.74, 6) is 0.114. The Morgan fingerprint density at radius 1 is 0.941 bits per heavy atom. The summed E-state index contributed by atoms with van der Waals surface area (Å²) in [5.41, 5.74) is -0.814. The van der Waals surface area contributed by atoms with Crippen LogP contribution in [0.1, 0.15) is 19.4 Å². The van der Waals surface area contributed by atoms with Crippen LogP contribution in [0.2, 0.25) is 0 Å². The number of nitrogens with zero attached hydrogens (tertiary/aromatic N) is 1. The van der Waals surface area contributed by atoms with Crippen molar-refractivity contribution in [3.63, 3.8) is 0 Å². The molecule has 0 saturated heterocycles. The van der Waals surface area contributed by atoms with Crippen LogP contribution in [0.15, 0.2) is 65.7 Å². The van der Waals surface area contributed by atoms with Crippen LogP contribution in [0, 0.1) is 0 Å². The largest absolute Gasteiger partial charge is 0.419 e. The van der Waals surface area contributed by atoms with Crippen LogP contribution in [0.5, 0.6) is 0 Å². The predicted octanol–water partition coefficient (Wildman–Crippen LogP) is 6.02. The molecule has 0 fully saturated rings. The van der Waals surface area contributed by atoms with E-state index in [1.807, 2.05) is 0 Å². The Bertz CT molecular complexity index is 1340. The molecule has 2 aromatic carbocycles. The highest BCUT2D eigenvalue weighted by atomic mass is 32.2. The van der Waals surface area contributed by atoms with Crippen LogP contribution >= 0.6 is 7.14 Å². The van der Waals surface area contributed by atoms with E-state index < -0.39 is 34.0 Å². The molecular formula is C23H25F3N3O3PS. The van der Waals surface area contributed by atoms with E-state index in [0.29, 0.717) is 17.2 Å². The van der Waals surface area contributed by atoms with Gasteiger partial charge in [0.1, 0.15) is 13.0 Å². The molecule has 182 valence electrons. The SMILES string of the molecule is CC(C)S(=O)(=O)c1ccccc1Nc1cc(Nc2ccc(P(C)(C)=O)cc2)ncc1C(F)(F)F. The molecule has 11 heteroatoms. The van der Waals surface area contributed by atoms with Gasteiger partial charge in [-0.1, -0.05) is 12.1 Å². The van der Waals surface area contributed by atoms with Crippen LogP contribution < -0.4 is 15.9 Å². The summed E-state index contributed by atoms with van der Waals surface area (Å²) < 4.78 is 78.7. The first-order valence-electron chi connectivity index (χ1n) is 10.3. The number of hydrogen-bond donors (Lipinski definition) is 2. The Kier molecular flexibility index (Phi) is 7.15. The second-order valence-electron chi connectivity index (χ2n) is 8.35. The number of hydrogen-bond acceptors (Lipinski definition) is 6. The van der Waals surface area contributed by atoms with Gasteiger partial charge in [-0.15, -0.1) is 0 Å². The molecule has 6 nitrogen and oxygen atoms in total. The van der Waals surface area contributed by atoms with E-state index in [4.69, 9.17) is 0 Å². The van der Waals surface area contributed by atoms with Crippen molar-refractivity contribution in [3.8, 4) is 0 Å². The average molecular weight is 512 g/mol. The maximum absolute atomic E-state index is 13.7. The van der Waals surface area contributed by atoms with Gasteiger partial charge in [0.05, 0.1) is 27.1 Å². The second-order valence-corrected chi connectivity index (χ2v) is 14.0. The van der Waals surface area contributed by atoms with E-state index >= 15 is 0 Å². The molecule has 0 aliphatic heterocycles. The molecule has 0 amide bonds. The number of para-hydroxylation sites is 1. The molecule has 1 heterocycles.